The Hall–Kier alpha value is -4.22. The normalized spacial score (nSPS) is 17.9. The Morgan fingerprint density at radius 2 is 1.29 bits per heavy atom. The molecule has 4 aromatic rings. The summed E-state index contributed by atoms with van der Waals surface area (Å²) in [5, 5.41) is 13.9. The highest BCUT2D eigenvalue weighted by atomic mass is 35.5. The number of ether oxygens (including phenoxy) is 2. The van der Waals surface area contributed by atoms with E-state index in [0.717, 1.165) is 46.2 Å². The van der Waals surface area contributed by atoms with Crippen LogP contribution in [0.25, 0.3) is 33.6 Å². The number of nitrogens with zero attached hydrogens (tertiary/aromatic N) is 2. The molecule has 0 bridgehead atoms. The number of benzene rings is 2. The van der Waals surface area contributed by atoms with Gasteiger partial charge in [0.25, 0.3) is 0 Å². The number of hydrogen-bond acceptors (Lipinski definition) is 8. The molecule has 0 unspecified atom stereocenters. The van der Waals surface area contributed by atoms with Crippen LogP contribution in [0.15, 0.2) is 60.7 Å². The molecule has 3 atom stereocenters. The first-order valence-corrected chi connectivity index (χ1v) is 17.2. The Bertz CT molecular complexity index is 1850. The zero-order chi connectivity index (χ0) is 34.5. The monoisotopic (exact) mass is 702 g/mol. The number of pyridine rings is 2. The van der Waals surface area contributed by atoms with Crippen LogP contribution in [0.5, 0.6) is 11.8 Å². The molecule has 0 saturated carbocycles. The van der Waals surface area contributed by atoms with Crippen molar-refractivity contribution in [2.75, 3.05) is 27.3 Å². The van der Waals surface area contributed by atoms with Crippen LogP contribution in [0, 0.1) is 0 Å². The molecule has 2 saturated heterocycles. The molecule has 4 N–H and O–H groups in total. The van der Waals surface area contributed by atoms with Crippen LogP contribution < -0.4 is 30.7 Å². The highest BCUT2D eigenvalue weighted by Crippen LogP contribution is 2.42. The first-order valence-electron chi connectivity index (χ1n) is 16.5. The minimum absolute atomic E-state index is 0.0453. The lowest BCUT2D eigenvalue weighted by atomic mass is 9.97. The number of carbonyl (C=O) groups excluding carboxylic acids is 2. The van der Waals surface area contributed by atoms with Crippen molar-refractivity contribution in [1.29, 1.82) is 0 Å². The Morgan fingerprint density at radius 3 is 1.84 bits per heavy atom. The molecule has 2 fully saturated rings. The molecule has 0 radical (unpaired) electrons. The first kappa shape index (κ1) is 34.6. The van der Waals surface area contributed by atoms with Gasteiger partial charge in [0.1, 0.15) is 0 Å². The molecule has 2 aromatic carbocycles. The maximum absolute atomic E-state index is 11.6. The van der Waals surface area contributed by atoms with Crippen LogP contribution in [0.2, 0.25) is 10.0 Å². The second-order valence-corrected chi connectivity index (χ2v) is 13.1. The predicted octanol–water partition coefficient (Wildman–Crippen LogP) is 6.10. The SMILES string of the molecule is COc1nc(-c2cccc(-c3cccc(-c4ccc([C@H](C)NC[C@@H]5CCC(=O)N5)c(OC)n4)c3Cl)c2Cl)ccc1CNC[C@@H]1CCC(=O)N1. The standard InChI is InChI=1S/C37H40Cl2N6O4/c1-21(41-20-24-12-17-33(47)43-24)25-13-15-31(45-37(25)49-3)29-9-5-7-27(35(29)39)26-6-4-8-28(34(26)38)30-14-10-22(36(44-30)48-2)18-40-19-23-11-16-32(46)42-23/h4-10,13-15,21,23-24,40-41H,11-12,16-20H2,1-3H3,(H,42,46)(H,43,47)/t21-,23-,24-/m0/s1. The second-order valence-electron chi connectivity index (χ2n) is 12.4. The van der Waals surface area contributed by atoms with E-state index < -0.39 is 0 Å². The molecular formula is C37H40Cl2N6O4. The van der Waals surface area contributed by atoms with Crippen LogP contribution in [-0.4, -0.2) is 61.2 Å². The second kappa shape index (κ2) is 15.6. The van der Waals surface area contributed by atoms with E-state index in [4.69, 9.17) is 42.6 Å². The minimum Gasteiger partial charge on any atom is -0.481 e. The Balaban J connectivity index is 1.22. The molecule has 2 aromatic heterocycles. The summed E-state index contributed by atoms with van der Waals surface area (Å²) in [4.78, 5) is 32.7. The van der Waals surface area contributed by atoms with Gasteiger partial charge in [-0.3, -0.25) is 9.59 Å². The summed E-state index contributed by atoms with van der Waals surface area (Å²) in [6, 6.07) is 19.6. The molecule has 10 nitrogen and oxygen atoms in total. The number of carbonyl (C=O) groups is 2. The minimum atomic E-state index is -0.0453. The van der Waals surface area contributed by atoms with Gasteiger partial charge >= 0.3 is 0 Å². The summed E-state index contributed by atoms with van der Waals surface area (Å²) in [6.45, 7) is 3.94. The topological polar surface area (TPSA) is 126 Å². The molecule has 4 heterocycles. The van der Waals surface area contributed by atoms with Crippen molar-refractivity contribution in [2.24, 2.45) is 0 Å². The number of rotatable bonds is 13. The number of amides is 2. The van der Waals surface area contributed by atoms with E-state index in [2.05, 4.69) is 21.3 Å². The smallest absolute Gasteiger partial charge is 0.220 e. The molecule has 0 spiro atoms. The van der Waals surface area contributed by atoms with Gasteiger partial charge in [-0.15, -0.1) is 0 Å². The van der Waals surface area contributed by atoms with Gasteiger partial charge in [0.05, 0.1) is 35.7 Å². The van der Waals surface area contributed by atoms with Crippen molar-refractivity contribution in [3.8, 4) is 45.4 Å². The van der Waals surface area contributed by atoms with Crippen molar-refractivity contribution in [1.82, 2.24) is 31.2 Å². The molecule has 0 aliphatic carbocycles. The van der Waals surface area contributed by atoms with Crippen molar-refractivity contribution >= 4 is 35.0 Å². The van der Waals surface area contributed by atoms with E-state index in [1.807, 2.05) is 67.6 Å². The van der Waals surface area contributed by atoms with Crippen LogP contribution >= 0.6 is 23.2 Å². The zero-order valence-corrected chi connectivity index (χ0v) is 29.3. The molecule has 2 amide bonds. The lowest BCUT2D eigenvalue weighted by Crippen LogP contribution is -2.36. The van der Waals surface area contributed by atoms with Crippen LogP contribution in [0.3, 0.4) is 0 Å². The summed E-state index contributed by atoms with van der Waals surface area (Å²) >= 11 is 14.2. The van der Waals surface area contributed by atoms with Crippen LogP contribution in [0.1, 0.15) is 49.8 Å². The zero-order valence-electron chi connectivity index (χ0n) is 27.7. The first-order chi connectivity index (χ1) is 23.7. The summed E-state index contributed by atoms with van der Waals surface area (Å²) in [5.74, 6) is 1.19. The molecule has 256 valence electrons. The van der Waals surface area contributed by atoms with Crippen LogP contribution in [0.4, 0.5) is 0 Å². The van der Waals surface area contributed by atoms with E-state index >= 15 is 0 Å². The maximum atomic E-state index is 11.6. The molecular weight excluding hydrogens is 663 g/mol. The van der Waals surface area contributed by atoms with Gasteiger partial charge in [-0.05, 0) is 38.0 Å². The Kier molecular flexibility index (Phi) is 11.0. The fourth-order valence-electron chi connectivity index (χ4n) is 6.37. The van der Waals surface area contributed by atoms with Gasteiger partial charge in [0, 0.05) is 84.0 Å². The number of halogens is 2. The van der Waals surface area contributed by atoms with E-state index in [1.54, 1.807) is 14.2 Å². The number of methoxy groups -OCH3 is 2. The average Bonchev–Trinajstić information content (AvgIpc) is 3.74. The largest absolute Gasteiger partial charge is 0.481 e. The molecule has 49 heavy (non-hydrogen) atoms. The molecule has 2 aliphatic heterocycles. The number of nitrogens with one attached hydrogen (secondary N) is 4. The van der Waals surface area contributed by atoms with Gasteiger partial charge in [0.15, 0.2) is 0 Å². The van der Waals surface area contributed by atoms with E-state index in [9.17, 15) is 9.59 Å². The van der Waals surface area contributed by atoms with Crippen molar-refractivity contribution in [2.45, 2.75) is 57.3 Å². The van der Waals surface area contributed by atoms with E-state index in [0.29, 0.717) is 65.7 Å². The van der Waals surface area contributed by atoms with Gasteiger partial charge in [-0.2, -0.15) is 0 Å². The van der Waals surface area contributed by atoms with E-state index in [1.165, 1.54) is 0 Å². The Morgan fingerprint density at radius 1 is 0.755 bits per heavy atom. The van der Waals surface area contributed by atoms with Crippen molar-refractivity contribution in [3.05, 3.63) is 81.8 Å². The van der Waals surface area contributed by atoms with E-state index in [-0.39, 0.29) is 29.9 Å². The quantitative estimate of drug-likeness (QED) is 0.132. The predicted molar refractivity (Wildman–Crippen MR) is 192 cm³/mol. The highest BCUT2D eigenvalue weighted by molar-refractivity contribution is 6.39. The molecule has 2 aliphatic rings. The van der Waals surface area contributed by atoms with Crippen molar-refractivity contribution < 1.29 is 19.1 Å². The van der Waals surface area contributed by atoms with Gasteiger partial charge in [0.2, 0.25) is 23.6 Å². The fourth-order valence-corrected chi connectivity index (χ4v) is 7.02. The third-order valence-corrected chi connectivity index (χ3v) is 9.88. The average molecular weight is 704 g/mol. The summed E-state index contributed by atoms with van der Waals surface area (Å²) < 4.78 is 11.4. The van der Waals surface area contributed by atoms with Gasteiger partial charge < -0.3 is 30.7 Å². The number of aromatic nitrogens is 2. The highest BCUT2D eigenvalue weighted by Gasteiger charge is 2.24. The number of hydrogen-bond donors (Lipinski definition) is 4. The van der Waals surface area contributed by atoms with Crippen LogP contribution in [-0.2, 0) is 16.1 Å². The molecule has 12 heteroatoms. The fraction of sp³-hybridized carbons (Fsp3) is 0.351. The third-order valence-electron chi connectivity index (χ3n) is 9.07. The maximum Gasteiger partial charge on any atom is 0.220 e. The third kappa shape index (κ3) is 7.83. The summed E-state index contributed by atoms with van der Waals surface area (Å²) in [7, 11) is 3.20. The molecule has 6 rings (SSSR count). The Labute approximate surface area is 296 Å². The van der Waals surface area contributed by atoms with Gasteiger partial charge in [-0.25, -0.2) is 9.97 Å². The summed E-state index contributed by atoms with van der Waals surface area (Å²) in [6.07, 6.45) is 2.80. The summed E-state index contributed by atoms with van der Waals surface area (Å²) in [5.41, 5.74) is 6.16. The lowest BCUT2D eigenvalue weighted by Gasteiger charge is -2.20. The van der Waals surface area contributed by atoms with Crippen molar-refractivity contribution in [3.63, 3.8) is 0 Å². The lowest BCUT2D eigenvalue weighted by molar-refractivity contribution is -0.120. The van der Waals surface area contributed by atoms with Gasteiger partial charge in [-0.1, -0.05) is 65.7 Å².